The molecule has 0 radical (unpaired) electrons. The summed E-state index contributed by atoms with van der Waals surface area (Å²) in [4.78, 5) is 4.39. The fourth-order valence-electron chi connectivity index (χ4n) is 2.25. The molecule has 0 saturated carbocycles. The van der Waals surface area contributed by atoms with Crippen molar-refractivity contribution in [1.82, 2.24) is 9.38 Å². The second-order valence-electron chi connectivity index (χ2n) is 4.05. The number of aryl methyl sites for hydroxylation is 1. The third kappa shape index (κ3) is 1.34. The van der Waals surface area contributed by atoms with E-state index in [4.69, 9.17) is 5.73 Å². The number of pyridine rings is 1. The highest BCUT2D eigenvalue weighted by atomic mass is 19.1. The van der Waals surface area contributed by atoms with Crippen LogP contribution in [0.3, 0.4) is 0 Å². The van der Waals surface area contributed by atoms with Crippen LogP contribution in [0.5, 0.6) is 0 Å². The molecule has 3 nitrogen and oxygen atoms in total. The lowest BCUT2D eigenvalue weighted by Crippen LogP contribution is -2.04. The molecule has 2 aromatic heterocycles. The summed E-state index contributed by atoms with van der Waals surface area (Å²) >= 11 is 0. The van der Waals surface area contributed by atoms with Crippen molar-refractivity contribution in [3.63, 3.8) is 0 Å². The van der Waals surface area contributed by atoms with Gasteiger partial charge in [-0.1, -0.05) is 12.1 Å². The van der Waals surface area contributed by atoms with Crippen molar-refractivity contribution < 1.29 is 4.39 Å². The molecule has 0 aliphatic heterocycles. The monoisotopic (exact) mass is 229 g/mol. The molecule has 3 rings (SSSR count). The zero-order valence-electron chi connectivity index (χ0n) is 9.44. The number of halogens is 1. The summed E-state index contributed by atoms with van der Waals surface area (Å²) in [6.45, 7) is 2.24. The zero-order valence-corrected chi connectivity index (χ0v) is 9.44. The highest BCUT2D eigenvalue weighted by molar-refractivity contribution is 5.83. The molecule has 0 aliphatic rings. The average molecular weight is 229 g/mol. The molecule has 0 bridgehead atoms. The predicted molar refractivity (Wildman–Crippen MR) is 65.3 cm³/mol. The van der Waals surface area contributed by atoms with Crippen LogP contribution < -0.4 is 5.73 Å². The second-order valence-corrected chi connectivity index (χ2v) is 4.05. The Bertz CT molecular complexity index is 715. The van der Waals surface area contributed by atoms with Crippen LogP contribution in [0.2, 0.25) is 0 Å². The standard InChI is InChI=1S/C13H12FN3/c1-8-11(7-15)17-12(16-8)6-5-9-3-2-4-10(14)13(9)17/h2-6H,7,15H2,1H3. The Morgan fingerprint density at radius 1 is 1.29 bits per heavy atom. The number of aromatic nitrogens is 2. The Morgan fingerprint density at radius 3 is 2.88 bits per heavy atom. The van der Waals surface area contributed by atoms with E-state index in [0.717, 1.165) is 22.4 Å². The molecular weight excluding hydrogens is 217 g/mol. The average Bonchev–Trinajstić information content (AvgIpc) is 2.64. The number of imidazole rings is 1. The minimum Gasteiger partial charge on any atom is -0.325 e. The van der Waals surface area contributed by atoms with Gasteiger partial charge in [0.1, 0.15) is 11.5 Å². The molecule has 0 aliphatic carbocycles. The summed E-state index contributed by atoms with van der Waals surface area (Å²) in [6, 6.07) is 8.80. The Labute approximate surface area is 97.7 Å². The molecule has 0 saturated heterocycles. The van der Waals surface area contributed by atoms with Gasteiger partial charge in [-0.05, 0) is 25.1 Å². The minimum atomic E-state index is -0.250. The van der Waals surface area contributed by atoms with E-state index in [1.807, 2.05) is 25.1 Å². The maximum Gasteiger partial charge on any atom is 0.147 e. The van der Waals surface area contributed by atoms with Gasteiger partial charge in [0.25, 0.3) is 0 Å². The number of nitrogens with zero attached hydrogens (tertiary/aromatic N) is 2. The minimum absolute atomic E-state index is 0.250. The van der Waals surface area contributed by atoms with E-state index in [1.54, 1.807) is 10.5 Å². The Kier molecular flexibility index (Phi) is 2.12. The first-order valence-electron chi connectivity index (χ1n) is 5.47. The van der Waals surface area contributed by atoms with Gasteiger partial charge in [-0.2, -0.15) is 0 Å². The number of nitrogens with two attached hydrogens (primary N) is 1. The predicted octanol–water partition coefficient (Wildman–Crippen LogP) is 2.39. The fraction of sp³-hybridized carbons (Fsp3) is 0.154. The molecule has 1 aromatic carbocycles. The van der Waals surface area contributed by atoms with E-state index in [9.17, 15) is 4.39 Å². The second kappa shape index (κ2) is 3.53. The molecule has 2 heterocycles. The van der Waals surface area contributed by atoms with Crippen molar-refractivity contribution in [2.75, 3.05) is 0 Å². The molecule has 17 heavy (non-hydrogen) atoms. The van der Waals surface area contributed by atoms with Crippen molar-refractivity contribution >= 4 is 16.6 Å². The van der Waals surface area contributed by atoms with E-state index in [0.29, 0.717) is 12.1 Å². The van der Waals surface area contributed by atoms with Crippen LogP contribution in [0.4, 0.5) is 4.39 Å². The molecule has 4 heteroatoms. The summed E-state index contributed by atoms with van der Waals surface area (Å²) in [5, 5.41) is 0.851. The highest BCUT2D eigenvalue weighted by Gasteiger charge is 2.12. The number of hydrogen-bond acceptors (Lipinski definition) is 2. The van der Waals surface area contributed by atoms with Crippen LogP contribution in [0, 0.1) is 12.7 Å². The van der Waals surface area contributed by atoms with E-state index >= 15 is 0 Å². The summed E-state index contributed by atoms with van der Waals surface area (Å²) < 4.78 is 15.8. The molecule has 3 aromatic rings. The highest BCUT2D eigenvalue weighted by Crippen LogP contribution is 2.22. The fourth-order valence-corrected chi connectivity index (χ4v) is 2.25. The van der Waals surface area contributed by atoms with E-state index in [1.165, 1.54) is 6.07 Å². The van der Waals surface area contributed by atoms with Crippen LogP contribution in [0.1, 0.15) is 11.4 Å². The van der Waals surface area contributed by atoms with E-state index in [-0.39, 0.29) is 5.82 Å². The van der Waals surface area contributed by atoms with Crippen LogP contribution in [0.15, 0.2) is 30.3 Å². The first kappa shape index (κ1) is 10.2. The van der Waals surface area contributed by atoms with Gasteiger partial charge in [0.05, 0.1) is 16.9 Å². The maximum atomic E-state index is 14.0. The van der Waals surface area contributed by atoms with Gasteiger partial charge < -0.3 is 5.73 Å². The molecule has 2 N–H and O–H groups in total. The zero-order chi connectivity index (χ0) is 12.0. The normalized spacial score (nSPS) is 11.5. The SMILES string of the molecule is Cc1nc2ccc3cccc(F)c3n2c1CN. The lowest BCUT2D eigenvalue weighted by molar-refractivity contribution is 0.634. The van der Waals surface area contributed by atoms with Crippen molar-refractivity contribution in [3.8, 4) is 0 Å². The third-order valence-corrected chi connectivity index (χ3v) is 3.05. The topological polar surface area (TPSA) is 43.3 Å². The van der Waals surface area contributed by atoms with Crippen molar-refractivity contribution in [2.45, 2.75) is 13.5 Å². The van der Waals surface area contributed by atoms with Crippen LogP contribution in [0.25, 0.3) is 16.6 Å². The van der Waals surface area contributed by atoms with Gasteiger partial charge in [0, 0.05) is 11.9 Å². The number of rotatable bonds is 1. The van der Waals surface area contributed by atoms with E-state index < -0.39 is 0 Å². The van der Waals surface area contributed by atoms with Crippen LogP contribution >= 0.6 is 0 Å². The Hall–Kier alpha value is -1.94. The first-order valence-corrected chi connectivity index (χ1v) is 5.47. The number of para-hydroxylation sites is 1. The van der Waals surface area contributed by atoms with Gasteiger partial charge in [-0.3, -0.25) is 4.40 Å². The molecule has 0 spiro atoms. The number of fused-ring (bicyclic) bond motifs is 3. The molecule has 0 atom stereocenters. The lowest BCUT2D eigenvalue weighted by Gasteiger charge is -2.06. The quantitative estimate of drug-likeness (QED) is 0.696. The summed E-state index contributed by atoms with van der Waals surface area (Å²) in [5.74, 6) is -0.250. The summed E-state index contributed by atoms with van der Waals surface area (Å²) in [5.41, 5.74) is 8.71. The third-order valence-electron chi connectivity index (χ3n) is 3.05. The smallest absolute Gasteiger partial charge is 0.147 e. The van der Waals surface area contributed by atoms with E-state index in [2.05, 4.69) is 4.98 Å². The molecule has 0 amide bonds. The molecule has 86 valence electrons. The van der Waals surface area contributed by atoms with Gasteiger partial charge in [-0.15, -0.1) is 0 Å². The van der Waals surface area contributed by atoms with Crippen LogP contribution in [-0.2, 0) is 6.54 Å². The summed E-state index contributed by atoms with van der Waals surface area (Å²) in [6.07, 6.45) is 0. The maximum absolute atomic E-state index is 14.0. The number of hydrogen-bond donors (Lipinski definition) is 1. The molecule has 0 unspecified atom stereocenters. The molecular formula is C13H12FN3. The van der Waals surface area contributed by atoms with Crippen LogP contribution in [-0.4, -0.2) is 9.38 Å². The van der Waals surface area contributed by atoms with Crippen molar-refractivity contribution in [3.05, 3.63) is 47.5 Å². The number of benzene rings is 1. The van der Waals surface area contributed by atoms with Gasteiger partial charge in [0.2, 0.25) is 0 Å². The van der Waals surface area contributed by atoms with Gasteiger partial charge in [-0.25, -0.2) is 9.37 Å². The van der Waals surface area contributed by atoms with Crippen molar-refractivity contribution in [1.29, 1.82) is 0 Å². The lowest BCUT2D eigenvalue weighted by atomic mass is 10.2. The first-order chi connectivity index (χ1) is 8.22. The van der Waals surface area contributed by atoms with Crippen molar-refractivity contribution in [2.24, 2.45) is 5.73 Å². The molecule has 0 fully saturated rings. The Balaban J connectivity index is 2.61. The Morgan fingerprint density at radius 2 is 2.12 bits per heavy atom. The largest absolute Gasteiger partial charge is 0.325 e. The summed E-state index contributed by atoms with van der Waals surface area (Å²) in [7, 11) is 0. The van der Waals surface area contributed by atoms with Gasteiger partial charge >= 0.3 is 0 Å². The van der Waals surface area contributed by atoms with Gasteiger partial charge in [0.15, 0.2) is 0 Å².